The van der Waals surface area contributed by atoms with E-state index in [2.05, 4.69) is 0 Å². The highest BCUT2D eigenvalue weighted by molar-refractivity contribution is 5.69. The van der Waals surface area contributed by atoms with Gasteiger partial charge in [0, 0.05) is 19.0 Å². The summed E-state index contributed by atoms with van der Waals surface area (Å²) in [6, 6.07) is 7.13. The molecule has 1 heterocycles. The first kappa shape index (κ1) is 16.3. The average molecular weight is 279 g/mol. The number of benzene rings is 1. The summed E-state index contributed by atoms with van der Waals surface area (Å²) in [6.45, 7) is 11.0. The van der Waals surface area contributed by atoms with Crippen LogP contribution in [0.2, 0.25) is 0 Å². The number of nitrogens with zero attached hydrogens (tertiary/aromatic N) is 1. The predicted octanol–water partition coefficient (Wildman–Crippen LogP) is 3.75. The Balaban J connectivity index is 0.000000956. The van der Waals surface area contributed by atoms with Crippen LogP contribution in [0.15, 0.2) is 24.3 Å². The van der Waals surface area contributed by atoms with Crippen molar-refractivity contribution < 1.29 is 14.6 Å². The van der Waals surface area contributed by atoms with Crippen molar-refractivity contribution in [1.29, 1.82) is 0 Å². The van der Waals surface area contributed by atoms with Crippen LogP contribution in [0.1, 0.15) is 46.1 Å². The third kappa shape index (κ3) is 4.44. The maximum absolute atomic E-state index is 11.7. The van der Waals surface area contributed by atoms with Gasteiger partial charge in [-0.1, -0.05) is 26.0 Å². The Morgan fingerprint density at radius 2 is 1.70 bits per heavy atom. The predicted molar refractivity (Wildman–Crippen MR) is 80.0 cm³/mol. The van der Waals surface area contributed by atoms with E-state index in [0.717, 1.165) is 5.56 Å². The SMILES string of the molecule is CC.CC(C)(C)OC(=O)N1CC(c2ccc(O)cc2)C1. The summed E-state index contributed by atoms with van der Waals surface area (Å²) >= 11 is 0. The van der Waals surface area contributed by atoms with Gasteiger partial charge in [-0.15, -0.1) is 0 Å². The van der Waals surface area contributed by atoms with Crippen molar-refractivity contribution in [3.8, 4) is 5.75 Å². The highest BCUT2D eigenvalue weighted by atomic mass is 16.6. The summed E-state index contributed by atoms with van der Waals surface area (Å²) in [5.41, 5.74) is 0.702. The zero-order chi connectivity index (χ0) is 15.3. The standard InChI is InChI=1S/C14H19NO3.C2H6/c1-14(2,3)18-13(17)15-8-11(9-15)10-4-6-12(16)7-5-10;1-2/h4-7,11,16H,8-9H2,1-3H3;1-2H3. The number of ether oxygens (including phenoxy) is 1. The van der Waals surface area contributed by atoms with E-state index in [9.17, 15) is 9.90 Å². The first-order valence-corrected chi connectivity index (χ1v) is 7.12. The van der Waals surface area contributed by atoms with Crippen LogP contribution < -0.4 is 0 Å². The van der Waals surface area contributed by atoms with Gasteiger partial charge >= 0.3 is 6.09 Å². The van der Waals surface area contributed by atoms with Crippen molar-refractivity contribution >= 4 is 6.09 Å². The highest BCUT2D eigenvalue weighted by Crippen LogP contribution is 2.29. The van der Waals surface area contributed by atoms with Crippen LogP contribution in [0, 0.1) is 0 Å². The van der Waals surface area contributed by atoms with E-state index in [4.69, 9.17) is 4.74 Å². The Morgan fingerprint density at radius 3 is 2.15 bits per heavy atom. The van der Waals surface area contributed by atoms with Gasteiger partial charge in [0.25, 0.3) is 0 Å². The van der Waals surface area contributed by atoms with Crippen LogP contribution in [0.3, 0.4) is 0 Å². The Kier molecular flexibility index (Phi) is 5.43. The van der Waals surface area contributed by atoms with Gasteiger partial charge in [0.15, 0.2) is 0 Å². The molecule has 1 aromatic carbocycles. The fraction of sp³-hybridized carbons (Fsp3) is 0.562. The number of carbonyl (C=O) groups excluding carboxylic acids is 1. The highest BCUT2D eigenvalue weighted by Gasteiger charge is 2.34. The van der Waals surface area contributed by atoms with E-state index in [1.807, 2.05) is 46.8 Å². The second-order valence-electron chi connectivity index (χ2n) is 5.67. The number of aromatic hydroxyl groups is 1. The quantitative estimate of drug-likeness (QED) is 0.851. The van der Waals surface area contributed by atoms with Crippen LogP contribution in [0.25, 0.3) is 0 Å². The van der Waals surface area contributed by atoms with Gasteiger partial charge < -0.3 is 14.7 Å². The molecule has 0 saturated carbocycles. The summed E-state index contributed by atoms with van der Waals surface area (Å²) < 4.78 is 5.29. The van der Waals surface area contributed by atoms with Crippen LogP contribution in [-0.2, 0) is 4.74 Å². The zero-order valence-electron chi connectivity index (χ0n) is 13.0. The smallest absolute Gasteiger partial charge is 0.410 e. The molecule has 4 nitrogen and oxygen atoms in total. The minimum atomic E-state index is -0.444. The molecule has 1 amide bonds. The Bertz CT molecular complexity index is 428. The maximum Gasteiger partial charge on any atom is 0.410 e. The van der Waals surface area contributed by atoms with Gasteiger partial charge in [0.1, 0.15) is 11.4 Å². The third-order valence-corrected chi connectivity index (χ3v) is 2.90. The van der Waals surface area contributed by atoms with E-state index in [1.165, 1.54) is 0 Å². The summed E-state index contributed by atoms with van der Waals surface area (Å²) in [4.78, 5) is 13.4. The molecule has 1 aliphatic heterocycles. The Morgan fingerprint density at radius 1 is 1.20 bits per heavy atom. The van der Waals surface area contributed by atoms with Crippen molar-refractivity contribution in [2.24, 2.45) is 0 Å². The van der Waals surface area contributed by atoms with Gasteiger partial charge in [-0.3, -0.25) is 0 Å². The lowest BCUT2D eigenvalue weighted by Gasteiger charge is -2.40. The summed E-state index contributed by atoms with van der Waals surface area (Å²) in [5, 5.41) is 9.21. The van der Waals surface area contributed by atoms with E-state index in [-0.39, 0.29) is 11.8 Å². The molecule has 1 fully saturated rings. The van der Waals surface area contributed by atoms with E-state index in [1.54, 1.807) is 17.0 Å². The zero-order valence-corrected chi connectivity index (χ0v) is 13.0. The number of likely N-dealkylation sites (tertiary alicyclic amines) is 1. The number of amides is 1. The van der Waals surface area contributed by atoms with Crippen molar-refractivity contribution in [2.45, 2.75) is 46.1 Å². The molecular weight excluding hydrogens is 254 g/mol. The summed E-state index contributed by atoms with van der Waals surface area (Å²) in [7, 11) is 0. The van der Waals surface area contributed by atoms with Gasteiger partial charge in [0.2, 0.25) is 0 Å². The Hall–Kier alpha value is -1.71. The monoisotopic (exact) mass is 279 g/mol. The fourth-order valence-electron chi connectivity index (χ4n) is 1.91. The first-order valence-electron chi connectivity index (χ1n) is 7.12. The Labute approximate surface area is 121 Å². The molecular formula is C16H25NO3. The van der Waals surface area contributed by atoms with Crippen LogP contribution >= 0.6 is 0 Å². The number of hydrogen-bond donors (Lipinski definition) is 1. The maximum atomic E-state index is 11.7. The summed E-state index contributed by atoms with van der Waals surface area (Å²) in [5.74, 6) is 0.611. The van der Waals surface area contributed by atoms with Crippen molar-refractivity contribution in [3.63, 3.8) is 0 Å². The van der Waals surface area contributed by atoms with Crippen LogP contribution in [-0.4, -0.2) is 34.8 Å². The van der Waals surface area contributed by atoms with Crippen molar-refractivity contribution in [2.75, 3.05) is 13.1 Å². The minimum absolute atomic E-state index is 0.252. The van der Waals surface area contributed by atoms with Crippen LogP contribution in [0.5, 0.6) is 5.75 Å². The molecule has 1 aromatic rings. The van der Waals surface area contributed by atoms with Crippen LogP contribution in [0.4, 0.5) is 4.79 Å². The van der Waals surface area contributed by atoms with Gasteiger partial charge in [-0.2, -0.15) is 0 Å². The molecule has 0 atom stereocenters. The molecule has 0 unspecified atom stereocenters. The number of carbonyl (C=O) groups is 1. The molecule has 1 aliphatic rings. The molecule has 0 aromatic heterocycles. The number of phenols is 1. The third-order valence-electron chi connectivity index (χ3n) is 2.90. The largest absolute Gasteiger partial charge is 0.508 e. The molecule has 0 bridgehead atoms. The van der Waals surface area contributed by atoms with Crippen molar-refractivity contribution in [3.05, 3.63) is 29.8 Å². The second kappa shape index (κ2) is 6.64. The normalized spacial score (nSPS) is 14.9. The lowest BCUT2D eigenvalue weighted by Crippen LogP contribution is -2.50. The van der Waals surface area contributed by atoms with Gasteiger partial charge in [-0.05, 0) is 38.5 Å². The average Bonchev–Trinajstić information content (AvgIpc) is 2.30. The number of hydrogen-bond acceptors (Lipinski definition) is 3. The molecule has 0 spiro atoms. The topological polar surface area (TPSA) is 49.8 Å². The van der Waals surface area contributed by atoms with E-state index >= 15 is 0 Å². The minimum Gasteiger partial charge on any atom is -0.508 e. The molecule has 4 heteroatoms. The van der Waals surface area contributed by atoms with E-state index in [0.29, 0.717) is 19.0 Å². The number of phenolic OH excluding ortho intramolecular Hbond substituents is 1. The van der Waals surface area contributed by atoms with Gasteiger partial charge in [-0.25, -0.2) is 4.79 Å². The molecule has 1 N–H and O–H groups in total. The van der Waals surface area contributed by atoms with E-state index < -0.39 is 5.60 Å². The summed E-state index contributed by atoms with van der Waals surface area (Å²) in [6.07, 6.45) is -0.252. The fourth-order valence-corrected chi connectivity index (χ4v) is 1.91. The second-order valence-corrected chi connectivity index (χ2v) is 5.67. The molecule has 1 saturated heterocycles. The molecule has 112 valence electrons. The lowest BCUT2D eigenvalue weighted by molar-refractivity contribution is 0.00819. The molecule has 0 radical (unpaired) electrons. The molecule has 20 heavy (non-hydrogen) atoms. The number of rotatable bonds is 1. The first-order chi connectivity index (χ1) is 9.35. The molecule has 0 aliphatic carbocycles. The molecule has 2 rings (SSSR count). The van der Waals surface area contributed by atoms with Crippen molar-refractivity contribution in [1.82, 2.24) is 4.90 Å². The lowest BCUT2D eigenvalue weighted by atomic mass is 9.92. The van der Waals surface area contributed by atoms with Gasteiger partial charge in [0.05, 0.1) is 0 Å².